The molecule has 0 bridgehead atoms. The van der Waals surface area contributed by atoms with E-state index < -0.39 is 29.5 Å². The van der Waals surface area contributed by atoms with Crippen LogP contribution in [0.5, 0.6) is 5.75 Å². The van der Waals surface area contributed by atoms with Gasteiger partial charge in [-0.25, -0.2) is 14.2 Å². The molecular weight excluding hydrogens is 589 g/mol. The highest BCUT2D eigenvalue weighted by Crippen LogP contribution is 2.28. The van der Waals surface area contributed by atoms with Crippen LogP contribution in [0.2, 0.25) is 0 Å². The average molecular weight is 634 g/mol. The standard InChI is InChI=1S/C36H44FN3O6/c1-5-44-33(42)23-30(27-18-20-31(29(37)22-27)45-24-25-12-7-6-8-13-25)39-32(41)16-10-9-15-28-19-17-26-14-11-21-40(34(26)38-28)35(43)46-36(2,3)4/h6-8,12-13,17-20,22,30H,5,9-11,14-16,21,23-24H2,1-4H3,(H,39,41)/t30-/m0/s1. The molecule has 1 aromatic heterocycles. The average Bonchev–Trinajstić information content (AvgIpc) is 3.01. The first-order chi connectivity index (χ1) is 22.0. The summed E-state index contributed by atoms with van der Waals surface area (Å²) in [6.45, 7) is 8.19. The van der Waals surface area contributed by atoms with Gasteiger partial charge in [-0.05, 0) is 94.7 Å². The van der Waals surface area contributed by atoms with E-state index in [4.69, 9.17) is 19.2 Å². The van der Waals surface area contributed by atoms with Crippen LogP contribution in [0.3, 0.4) is 0 Å². The smallest absolute Gasteiger partial charge is 0.416 e. The Labute approximate surface area is 270 Å². The Kier molecular flexibility index (Phi) is 12.1. The SMILES string of the molecule is CCOC(=O)C[C@H](NC(=O)CCCCc1ccc2c(n1)N(C(=O)OC(C)(C)C)CCC2)c1ccc(OCc2ccccc2)c(F)c1. The Bertz CT molecular complexity index is 1490. The van der Waals surface area contributed by atoms with E-state index in [1.54, 1.807) is 17.9 Å². The number of benzene rings is 2. The zero-order valence-corrected chi connectivity index (χ0v) is 27.1. The maximum absolute atomic E-state index is 15.0. The number of halogens is 1. The normalized spacial score (nSPS) is 13.4. The van der Waals surface area contributed by atoms with Gasteiger partial charge in [0.15, 0.2) is 11.6 Å². The molecule has 9 nitrogen and oxygen atoms in total. The summed E-state index contributed by atoms with van der Waals surface area (Å²) in [5.41, 5.74) is 2.60. The molecule has 1 N–H and O–H groups in total. The number of carbonyl (C=O) groups is 3. The van der Waals surface area contributed by atoms with Gasteiger partial charge in [-0.3, -0.25) is 14.5 Å². The Morgan fingerprint density at radius 3 is 2.54 bits per heavy atom. The van der Waals surface area contributed by atoms with Crippen LogP contribution in [0.25, 0.3) is 0 Å². The number of hydrogen-bond donors (Lipinski definition) is 1. The molecule has 1 atom stereocenters. The van der Waals surface area contributed by atoms with Crippen molar-refractivity contribution in [3.8, 4) is 5.75 Å². The Hall–Kier alpha value is -4.47. The maximum atomic E-state index is 15.0. The number of pyridine rings is 1. The van der Waals surface area contributed by atoms with Gasteiger partial charge in [-0.1, -0.05) is 42.5 Å². The number of anilines is 1. The lowest BCUT2D eigenvalue weighted by Gasteiger charge is -2.31. The fourth-order valence-electron chi connectivity index (χ4n) is 5.20. The number of carbonyl (C=O) groups excluding carboxylic acids is 3. The Morgan fingerprint density at radius 2 is 1.83 bits per heavy atom. The predicted octanol–water partition coefficient (Wildman–Crippen LogP) is 7.01. The van der Waals surface area contributed by atoms with Crippen molar-refractivity contribution in [3.05, 3.63) is 88.9 Å². The van der Waals surface area contributed by atoms with E-state index in [9.17, 15) is 14.4 Å². The van der Waals surface area contributed by atoms with Crippen LogP contribution in [0.1, 0.15) is 88.2 Å². The van der Waals surface area contributed by atoms with Crippen molar-refractivity contribution >= 4 is 23.8 Å². The van der Waals surface area contributed by atoms with Crippen molar-refractivity contribution in [1.29, 1.82) is 0 Å². The molecule has 1 aliphatic rings. The largest absolute Gasteiger partial charge is 0.486 e. The molecule has 3 aromatic rings. The van der Waals surface area contributed by atoms with Gasteiger partial charge in [-0.2, -0.15) is 0 Å². The van der Waals surface area contributed by atoms with Gasteiger partial charge in [0.1, 0.15) is 18.0 Å². The highest BCUT2D eigenvalue weighted by atomic mass is 19.1. The van der Waals surface area contributed by atoms with Crippen LogP contribution in [-0.4, -0.2) is 41.7 Å². The summed E-state index contributed by atoms with van der Waals surface area (Å²) >= 11 is 0. The summed E-state index contributed by atoms with van der Waals surface area (Å²) in [6.07, 6.45) is 3.28. The molecule has 1 aliphatic heterocycles. The number of nitrogens with one attached hydrogen (secondary N) is 1. The Balaban J connectivity index is 1.33. The number of aryl methyl sites for hydroxylation is 2. The summed E-state index contributed by atoms with van der Waals surface area (Å²) in [4.78, 5) is 44.5. The van der Waals surface area contributed by atoms with E-state index >= 15 is 4.39 Å². The first-order valence-electron chi connectivity index (χ1n) is 15.9. The number of nitrogens with zero attached hydrogens (tertiary/aromatic N) is 2. The van der Waals surface area contributed by atoms with Gasteiger partial charge in [0, 0.05) is 18.7 Å². The van der Waals surface area contributed by atoms with Crippen LogP contribution in [0, 0.1) is 5.82 Å². The molecule has 0 saturated carbocycles. The zero-order valence-electron chi connectivity index (χ0n) is 27.1. The lowest BCUT2D eigenvalue weighted by atomic mass is 10.0. The van der Waals surface area contributed by atoms with Crippen LogP contribution in [0.15, 0.2) is 60.7 Å². The quantitative estimate of drug-likeness (QED) is 0.159. The maximum Gasteiger partial charge on any atom is 0.416 e. The molecule has 2 heterocycles. The molecule has 46 heavy (non-hydrogen) atoms. The molecule has 0 saturated heterocycles. The van der Waals surface area contributed by atoms with Gasteiger partial charge in [-0.15, -0.1) is 0 Å². The zero-order chi connectivity index (χ0) is 33.1. The molecule has 0 spiro atoms. The van der Waals surface area contributed by atoms with Crippen molar-refractivity contribution < 1.29 is 33.0 Å². The number of hydrogen-bond acceptors (Lipinski definition) is 7. The lowest BCUT2D eigenvalue weighted by Crippen LogP contribution is -2.40. The highest BCUT2D eigenvalue weighted by molar-refractivity contribution is 5.88. The van der Waals surface area contributed by atoms with Gasteiger partial charge >= 0.3 is 12.1 Å². The highest BCUT2D eigenvalue weighted by Gasteiger charge is 2.28. The molecule has 10 heteroatoms. The van der Waals surface area contributed by atoms with Crippen LogP contribution >= 0.6 is 0 Å². The second-order valence-corrected chi connectivity index (χ2v) is 12.3. The van der Waals surface area contributed by atoms with E-state index in [2.05, 4.69) is 5.32 Å². The number of ether oxygens (including phenoxy) is 3. The predicted molar refractivity (Wildman–Crippen MR) is 173 cm³/mol. The van der Waals surface area contributed by atoms with Crippen LogP contribution in [0.4, 0.5) is 15.0 Å². The second-order valence-electron chi connectivity index (χ2n) is 12.3. The topological polar surface area (TPSA) is 107 Å². The molecule has 2 amide bonds. The molecule has 0 fully saturated rings. The minimum atomic E-state index is -0.759. The summed E-state index contributed by atoms with van der Waals surface area (Å²) < 4.78 is 31.3. The number of esters is 1. The minimum absolute atomic E-state index is 0.0822. The Morgan fingerprint density at radius 1 is 1.04 bits per heavy atom. The molecule has 4 rings (SSSR count). The third-order valence-corrected chi connectivity index (χ3v) is 7.40. The second kappa shape index (κ2) is 16.2. The van der Waals surface area contributed by atoms with Crippen molar-refractivity contribution in [3.63, 3.8) is 0 Å². The van der Waals surface area contributed by atoms with Crippen molar-refractivity contribution in [2.75, 3.05) is 18.1 Å². The first kappa shape index (κ1) is 34.4. The van der Waals surface area contributed by atoms with E-state index in [1.807, 2.05) is 63.2 Å². The van der Waals surface area contributed by atoms with Crippen LogP contribution < -0.4 is 15.0 Å². The number of unbranched alkanes of at least 4 members (excludes halogenated alkanes) is 1. The van der Waals surface area contributed by atoms with Crippen LogP contribution in [-0.2, 0) is 38.5 Å². The van der Waals surface area contributed by atoms with E-state index in [-0.39, 0.29) is 37.7 Å². The number of amides is 2. The number of fused-ring (bicyclic) bond motifs is 1. The minimum Gasteiger partial charge on any atom is -0.486 e. The summed E-state index contributed by atoms with van der Waals surface area (Å²) in [6, 6.07) is 17.1. The van der Waals surface area contributed by atoms with E-state index in [0.29, 0.717) is 37.2 Å². The summed E-state index contributed by atoms with van der Waals surface area (Å²) in [7, 11) is 0. The van der Waals surface area contributed by atoms with Crippen molar-refractivity contribution in [2.45, 2.75) is 90.9 Å². The third kappa shape index (κ3) is 10.3. The van der Waals surface area contributed by atoms with Crippen molar-refractivity contribution in [2.24, 2.45) is 0 Å². The van der Waals surface area contributed by atoms with Gasteiger partial charge in [0.25, 0.3) is 0 Å². The molecule has 0 aliphatic carbocycles. The summed E-state index contributed by atoms with van der Waals surface area (Å²) in [5, 5.41) is 2.88. The summed E-state index contributed by atoms with van der Waals surface area (Å²) in [5.74, 6) is -0.607. The number of aromatic nitrogens is 1. The molecule has 0 radical (unpaired) electrons. The van der Waals surface area contributed by atoms with E-state index in [0.717, 1.165) is 29.7 Å². The van der Waals surface area contributed by atoms with Gasteiger partial charge < -0.3 is 19.5 Å². The molecule has 246 valence electrons. The molecule has 0 unspecified atom stereocenters. The molecular formula is C36H44FN3O6. The lowest BCUT2D eigenvalue weighted by molar-refractivity contribution is -0.143. The van der Waals surface area contributed by atoms with Gasteiger partial charge in [0.05, 0.1) is 19.1 Å². The first-order valence-corrected chi connectivity index (χ1v) is 15.9. The van der Waals surface area contributed by atoms with E-state index in [1.165, 1.54) is 12.1 Å². The van der Waals surface area contributed by atoms with Crippen molar-refractivity contribution in [1.82, 2.24) is 10.3 Å². The monoisotopic (exact) mass is 633 g/mol. The number of rotatable bonds is 13. The fourth-order valence-corrected chi connectivity index (χ4v) is 5.20. The fraction of sp³-hybridized carbons (Fsp3) is 0.444. The molecule has 2 aromatic carbocycles. The third-order valence-electron chi connectivity index (χ3n) is 7.40. The van der Waals surface area contributed by atoms with Gasteiger partial charge in [0.2, 0.25) is 5.91 Å².